The highest BCUT2D eigenvalue weighted by Crippen LogP contribution is 2.16. The van der Waals surface area contributed by atoms with E-state index < -0.39 is 6.04 Å². The predicted octanol–water partition coefficient (Wildman–Crippen LogP) is 4.15. The van der Waals surface area contributed by atoms with Gasteiger partial charge in [-0.1, -0.05) is 44.5 Å². The summed E-state index contributed by atoms with van der Waals surface area (Å²) in [4.78, 5) is 12.2. The summed E-state index contributed by atoms with van der Waals surface area (Å²) in [7, 11) is 1.65. The number of carbonyl (C=O) groups is 1. The van der Waals surface area contributed by atoms with Gasteiger partial charge >= 0.3 is 0 Å². The molecule has 0 aliphatic carbocycles. The Morgan fingerprint density at radius 1 is 1.11 bits per heavy atom. The molecule has 0 bridgehead atoms. The molecule has 5 nitrogen and oxygen atoms in total. The molecule has 6 heteroatoms. The van der Waals surface area contributed by atoms with Crippen LogP contribution in [0, 0.1) is 5.92 Å². The molecular formula is C21H29ClN2O3. The minimum absolute atomic E-state index is 0. The standard InChI is InChI=1S/C21H28N2O3.ClH/c1-4-15(2)20(22)21(24)23-18-7-5-6-17(12-18)14-26-13-16-8-10-19(25-3)11-9-16;/h5-12,15,20H,4,13-14,22H2,1-3H3,(H,23,24);1H. The van der Waals surface area contributed by atoms with Crippen molar-refractivity contribution in [3.63, 3.8) is 0 Å². The van der Waals surface area contributed by atoms with Crippen molar-refractivity contribution in [1.29, 1.82) is 0 Å². The molecule has 1 amide bonds. The highest BCUT2D eigenvalue weighted by Gasteiger charge is 2.19. The Morgan fingerprint density at radius 2 is 1.78 bits per heavy atom. The molecule has 2 unspecified atom stereocenters. The van der Waals surface area contributed by atoms with Gasteiger partial charge in [0, 0.05) is 5.69 Å². The molecular weight excluding hydrogens is 364 g/mol. The number of rotatable bonds is 9. The van der Waals surface area contributed by atoms with E-state index >= 15 is 0 Å². The molecule has 0 saturated carbocycles. The first-order valence-corrected chi connectivity index (χ1v) is 8.89. The van der Waals surface area contributed by atoms with Crippen molar-refractivity contribution in [2.24, 2.45) is 11.7 Å². The number of methoxy groups -OCH3 is 1. The number of benzene rings is 2. The van der Waals surface area contributed by atoms with Crippen molar-refractivity contribution >= 4 is 24.0 Å². The van der Waals surface area contributed by atoms with Gasteiger partial charge in [0.2, 0.25) is 5.91 Å². The molecule has 0 saturated heterocycles. The first-order valence-electron chi connectivity index (χ1n) is 8.89. The van der Waals surface area contributed by atoms with E-state index in [0.717, 1.165) is 29.0 Å². The van der Waals surface area contributed by atoms with E-state index in [4.69, 9.17) is 15.2 Å². The molecule has 2 aromatic carbocycles. The van der Waals surface area contributed by atoms with Crippen LogP contribution in [0.15, 0.2) is 48.5 Å². The number of carbonyl (C=O) groups excluding carboxylic acids is 1. The van der Waals surface area contributed by atoms with Gasteiger partial charge in [0.25, 0.3) is 0 Å². The van der Waals surface area contributed by atoms with Gasteiger partial charge in [-0.05, 0) is 41.3 Å². The third-order valence-corrected chi connectivity index (χ3v) is 4.45. The van der Waals surface area contributed by atoms with E-state index in [1.807, 2.05) is 62.4 Å². The van der Waals surface area contributed by atoms with Gasteiger partial charge in [-0.2, -0.15) is 0 Å². The van der Waals surface area contributed by atoms with Crippen LogP contribution in [0.3, 0.4) is 0 Å². The Morgan fingerprint density at radius 3 is 2.41 bits per heavy atom. The van der Waals surface area contributed by atoms with E-state index in [9.17, 15) is 4.79 Å². The number of nitrogens with one attached hydrogen (secondary N) is 1. The molecule has 2 atom stereocenters. The number of halogens is 1. The lowest BCUT2D eigenvalue weighted by Gasteiger charge is -2.18. The van der Waals surface area contributed by atoms with Crippen LogP contribution in [0.25, 0.3) is 0 Å². The minimum atomic E-state index is -0.505. The summed E-state index contributed by atoms with van der Waals surface area (Å²) in [5.41, 5.74) is 8.78. The molecule has 0 aromatic heterocycles. The zero-order valence-electron chi connectivity index (χ0n) is 16.1. The zero-order valence-corrected chi connectivity index (χ0v) is 16.9. The normalized spacial score (nSPS) is 12.6. The van der Waals surface area contributed by atoms with E-state index in [1.165, 1.54) is 0 Å². The van der Waals surface area contributed by atoms with Crippen molar-refractivity contribution in [2.75, 3.05) is 12.4 Å². The number of hydrogen-bond donors (Lipinski definition) is 2. The van der Waals surface area contributed by atoms with Gasteiger partial charge in [-0.25, -0.2) is 0 Å². The third kappa shape index (κ3) is 7.21. The van der Waals surface area contributed by atoms with Crippen molar-refractivity contribution < 1.29 is 14.3 Å². The van der Waals surface area contributed by atoms with Crippen LogP contribution in [-0.4, -0.2) is 19.1 Å². The highest BCUT2D eigenvalue weighted by molar-refractivity contribution is 5.94. The fourth-order valence-electron chi connectivity index (χ4n) is 2.49. The number of nitrogens with two attached hydrogens (primary N) is 1. The summed E-state index contributed by atoms with van der Waals surface area (Å²) in [6.07, 6.45) is 0.869. The molecule has 2 aromatic rings. The quantitative estimate of drug-likeness (QED) is 0.672. The molecule has 0 fully saturated rings. The SMILES string of the molecule is CCC(C)C(N)C(=O)Nc1cccc(COCc2ccc(OC)cc2)c1.Cl. The Kier molecular flexibility index (Phi) is 9.86. The highest BCUT2D eigenvalue weighted by atomic mass is 35.5. The van der Waals surface area contributed by atoms with Gasteiger partial charge in [0.05, 0.1) is 26.4 Å². The van der Waals surface area contributed by atoms with Crippen molar-refractivity contribution in [2.45, 2.75) is 39.5 Å². The summed E-state index contributed by atoms with van der Waals surface area (Å²) in [6, 6.07) is 14.9. The van der Waals surface area contributed by atoms with Gasteiger partial charge in [-0.15, -0.1) is 12.4 Å². The van der Waals surface area contributed by atoms with Crippen LogP contribution in [0.2, 0.25) is 0 Å². The lowest BCUT2D eigenvalue weighted by Crippen LogP contribution is -2.40. The maximum atomic E-state index is 12.2. The smallest absolute Gasteiger partial charge is 0.241 e. The van der Waals surface area contributed by atoms with Crippen LogP contribution >= 0.6 is 12.4 Å². The maximum absolute atomic E-state index is 12.2. The monoisotopic (exact) mass is 392 g/mol. The maximum Gasteiger partial charge on any atom is 0.241 e. The molecule has 27 heavy (non-hydrogen) atoms. The molecule has 0 spiro atoms. The Bertz CT molecular complexity index is 707. The second-order valence-corrected chi connectivity index (χ2v) is 6.44. The van der Waals surface area contributed by atoms with Crippen LogP contribution in [0.1, 0.15) is 31.4 Å². The lowest BCUT2D eigenvalue weighted by atomic mass is 9.99. The Hall–Kier alpha value is -2.08. The molecule has 3 N–H and O–H groups in total. The average Bonchev–Trinajstić information content (AvgIpc) is 2.67. The zero-order chi connectivity index (χ0) is 18.9. The largest absolute Gasteiger partial charge is 0.497 e. The van der Waals surface area contributed by atoms with Crippen LogP contribution in [0.5, 0.6) is 5.75 Å². The molecule has 148 valence electrons. The van der Waals surface area contributed by atoms with E-state index in [1.54, 1.807) is 7.11 Å². The van der Waals surface area contributed by atoms with E-state index in [2.05, 4.69) is 5.32 Å². The topological polar surface area (TPSA) is 73.6 Å². The van der Waals surface area contributed by atoms with Crippen molar-refractivity contribution in [3.8, 4) is 5.75 Å². The molecule has 0 aliphatic heterocycles. The summed E-state index contributed by atoms with van der Waals surface area (Å²) >= 11 is 0. The summed E-state index contributed by atoms with van der Waals surface area (Å²) < 4.78 is 10.9. The van der Waals surface area contributed by atoms with Gasteiger partial charge in [-0.3, -0.25) is 4.79 Å². The van der Waals surface area contributed by atoms with Crippen LogP contribution < -0.4 is 15.8 Å². The van der Waals surface area contributed by atoms with E-state index in [0.29, 0.717) is 13.2 Å². The molecule has 2 rings (SSSR count). The number of amides is 1. The average molecular weight is 393 g/mol. The summed E-state index contributed by atoms with van der Waals surface area (Å²) in [6.45, 7) is 4.99. The lowest BCUT2D eigenvalue weighted by molar-refractivity contribution is -0.118. The number of ether oxygens (including phenoxy) is 2. The van der Waals surface area contributed by atoms with Gasteiger partial charge < -0.3 is 20.5 Å². The van der Waals surface area contributed by atoms with Gasteiger partial charge in [0.1, 0.15) is 5.75 Å². The van der Waals surface area contributed by atoms with Crippen molar-refractivity contribution in [1.82, 2.24) is 0 Å². The summed E-state index contributed by atoms with van der Waals surface area (Å²) in [5.74, 6) is 0.814. The Labute approximate surface area is 167 Å². The predicted molar refractivity (Wildman–Crippen MR) is 111 cm³/mol. The van der Waals surface area contributed by atoms with Crippen LogP contribution in [-0.2, 0) is 22.7 Å². The minimum Gasteiger partial charge on any atom is -0.497 e. The fraction of sp³-hybridized carbons (Fsp3) is 0.381. The Balaban J connectivity index is 0.00000364. The molecule has 0 radical (unpaired) electrons. The molecule has 0 aliphatic rings. The summed E-state index contributed by atoms with van der Waals surface area (Å²) in [5, 5.41) is 2.88. The fourth-order valence-corrected chi connectivity index (χ4v) is 2.49. The number of hydrogen-bond acceptors (Lipinski definition) is 4. The first kappa shape index (κ1) is 23.0. The van der Waals surface area contributed by atoms with Crippen molar-refractivity contribution in [3.05, 3.63) is 59.7 Å². The number of anilines is 1. The van der Waals surface area contributed by atoms with Crippen LogP contribution in [0.4, 0.5) is 5.69 Å². The third-order valence-electron chi connectivity index (χ3n) is 4.45. The second kappa shape index (κ2) is 11.6. The first-order chi connectivity index (χ1) is 12.5. The van der Waals surface area contributed by atoms with E-state index in [-0.39, 0.29) is 24.2 Å². The second-order valence-electron chi connectivity index (χ2n) is 6.44. The molecule has 0 heterocycles. The van der Waals surface area contributed by atoms with Gasteiger partial charge in [0.15, 0.2) is 0 Å².